The van der Waals surface area contributed by atoms with Gasteiger partial charge in [0.25, 0.3) is 0 Å². The smallest absolute Gasteiger partial charge is 0.246 e. The third kappa shape index (κ3) is 6.93. The van der Waals surface area contributed by atoms with Crippen LogP contribution < -0.4 is 0 Å². The van der Waals surface area contributed by atoms with Crippen molar-refractivity contribution in [3.8, 4) is 0 Å². The van der Waals surface area contributed by atoms with Gasteiger partial charge in [-0.25, -0.2) is 0 Å². The average molecular weight is 498 g/mol. The van der Waals surface area contributed by atoms with Crippen LogP contribution in [-0.2, 0) is 9.59 Å². The van der Waals surface area contributed by atoms with Crippen LogP contribution in [0, 0.1) is 5.41 Å². The minimum absolute atomic E-state index is 0.0118. The van der Waals surface area contributed by atoms with Crippen LogP contribution in [0.3, 0.4) is 0 Å². The maximum atomic E-state index is 12.6. The fraction of sp³-hybridized carbons (Fsp3) is 0.583. The van der Waals surface area contributed by atoms with Crippen molar-refractivity contribution >= 4 is 41.1 Å². The molecular formula is C24H33Cl2N3O4. The highest BCUT2D eigenvalue weighted by Gasteiger charge is 2.37. The first-order valence-electron chi connectivity index (χ1n) is 11.4. The summed E-state index contributed by atoms with van der Waals surface area (Å²) >= 11 is 11.9. The number of β-amino-alcohol motifs (C(OH)–C–C–N with tert-alkyl or cyclic N) is 1. The molecule has 2 aliphatic heterocycles. The van der Waals surface area contributed by atoms with Gasteiger partial charge in [-0.05, 0) is 49.7 Å². The number of aliphatic hydroxyl groups excluding tert-OH is 2. The van der Waals surface area contributed by atoms with E-state index in [4.69, 9.17) is 23.2 Å². The van der Waals surface area contributed by atoms with Gasteiger partial charge < -0.3 is 24.9 Å². The van der Waals surface area contributed by atoms with E-state index >= 15 is 0 Å². The molecule has 0 radical (unpaired) electrons. The highest BCUT2D eigenvalue weighted by Crippen LogP contribution is 2.30. The molecule has 2 aliphatic rings. The van der Waals surface area contributed by atoms with E-state index in [1.165, 1.54) is 6.08 Å². The van der Waals surface area contributed by atoms with Gasteiger partial charge in [-0.2, -0.15) is 0 Å². The fourth-order valence-corrected chi connectivity index (χ4v) is 4.53. The van der Waals surface area contributed by atoms with Gasteiger partial charge in [0.15, 0.2) is 0 Å². The molecule has 0 aliphatic carbocycles. The molecule has 2 heterocycles. The van der Waals surface area contributed by atoms with Crippen LogP contribution >= 0.6 is 23.2 Å². The number of carbonyl (C=O) groups excluding carboxylic acids is 2. The molecule has 182 valence electrons. The van der Waals surface area contributed by atoms with Crippen molar-refractivity contribution < 1.29 is 19.8 Å². The Morgan fingerprint density at radius 3 is 2.67 bits per heavy atom. The summed E-state index contributed by atoms with van der Waals surface area (Å²) in [7, 11) is 0. The van der Waals surface area contributed by atoms with Crippen LogP contribution in [0.5, 0.6) is 0 Å². The molecule has 2 atom stereocenters. The molecule has 2 amide bonds. The highest BCUT2D eigenvalue weighted by molar-refractivity contribution is 6.42. The first-order chi connectivity index (χ1) is 15.7. The molecule has 1 aromatic carbocycles. The molecule has 2 N–H and O–H groups in total. The number of amides is 2. The summed E-state index contributed by atoms with van der Waals surface area (Å²) in [4.78, 5) is 30.9. The molecule has 0 bridgehead atoms. The normalized spacial score (nSPS) is 25.0. The fourth-order valence-electron chi connectivity index (χ4n) is 4.22. The first kappa shape index (κ1) is 26.0. The molecule has 0 unspecified atom stereocenters. The van der Waals surface area contributed by atoms with Gasteiger partial charge in [0, 0.05) is 50.6 Å². The standard InChI is InChI=1S/C24H33Cl2N3O4/c1-24(17-30)8-12-27(16-21(24)31)9-2-10-28-13-14-29(11-7-23(28)33)22(32)6-4-18-3-5-19(25)20(26)15-18/h3-6,15,21,30-31H,2,7-14,16-17H2,1H3/b6-4+/t21-,24-/m0/s1. The van der Waals surface area contributed by atoms with Gasteiger partial charge in [0.05, 0.1) is 22.8 Å². The van der Waals surface area contributed by atoms with Gasteiger partial charge >= 0.3 is 0 Å². The average Bonchev–Trinajstić information content (AvgIpc) is 2.98. The van der Waals surface area contributed by atoms with Crippen molar-refractivity contribution in [2.45, 2.75) is 32.3 Å². The van der Waals surface area contributed by atoms with Crippen LogP contribution in [0.4, 0.5) is 0 Å². The van der Waals surface area contributed by atoms with E-state index in [2.05, 4.69) is 4.90 Å². The van der Waals surface area contributed by atoms with E-state index in [0.29, 0.717) is 49.2 Å². The molecule has 2 saturated heterocycles. The Hall–Kier alpha value is -1.64. The second-order valence-electron chi connectivity index (χ2n) is 9.20. The third-order valence-corrected chi connectivity index (χ3v) is 7.50. The summed E-state index contributed by atoms with van der Waals surface area (Å²) in [6.07, 6.45) is 4.52. The predicted octanol–water partition coefficient (Wildman–Crippen LogP) is 2.52. The molecule has 2 fully saturated rings. The minimum atomic E-state index is -0.549. The SMILES string of the molecule is C[C@@]1(CO)CCN(CCCN2CCN(C(=O)/C=C/c3ccc(Cl)c(Cl)c3)CCC2=O)C[C@@H]1O. The monoisotopic (exact) mass is 497 g/mol. The Labute approximate surface area is 205 Å². The summed E-state index contributed by atoms with van der Waals surface area (Å²) in [5, 5.41) is 20.7. The number of benzene rings is 1. The number of hydrogen-bond donors (Lipinski definition) is 2. The Kier molecular flexibility index (Phi) is 9.18. The topological polar surface area (TPSA) is 84.3 Å². The zero-order chi connectivity index (χ0) is 24.0. The van der Waals surface area contributed by atoms with Gasteiger partial charge in [-0.3, -0.25) is 9.59 Å². The predicted molar refractivity (Wildman–Crippen MR) is 130 cm³/mol. The van der Waals surface area contributed by atoms with Crippen molar-refractivity contribution in [2.24, 2.45) is 5.41 Å². The van der Waals surface area contributed by atoms with Gasteiger partial charge in [0.1, 0.15) is 0 Å². The van der Waals surface area contributed by atoms with Crippen molar-refractivity contribution in [3.05, 3.63) is 39.9 Å². The van der Waals surface area contributed by atoms with Crippen LogP contribution in [0.1, 0.15) is 31.7 Å². The Morgan fingerprint density at radius 2 is 1.97 bits per heavy atom. The van der Waals surface area contributed by atoms with Crippen LogP contribution in [0.2, 0.25) is 10.0 Å². The number of aliphatic hydroxyl groups is 2. The van der Waals surface area contributed by atoms with Crippen molar-refractivity contribution in [1.29, 1.82) is 0 Å². The molecule has 0 aromatic heterocycles. The zero-order valence-electron chi connectivity index (χ0n) is 19.1. The molecule has 7 nitrogen and oxygen atoms in total. The van der Waals surface area contributed by atoms with E-state index in [-0.39, 0.29) is 18.4 Å². The Bertz CT molecular complexity index is 881. The van der Waals surface area contributed by atoms with Crippen molar-refractivity contribution in [3.63, 3.8) is 0 Å². The number of likely N-dealkylation sites (tertiary alicyclic amines) is 1. The van der Waals surface area contributed by atoms with E-state index in [1.54, 1.807) is 29.2 Å². The van der Waals surface area contributed by atoms with E-state index < -0.39 is 11.5 Å². The third-order valence-electron chi connectivity index (χ3n) is 6.76. The number of rotatable bonds is 7. The molecule has 0 spiro atoms. The molecule has 0 saturated carbocycles. The first-order valence-corrected chi connectivity index (χ1v) is 12.2. The van der Waals surface area contributed by atoms with E-state index in [1.807, 2.05) is 11.8 Å². The zero-order valence-corrected chi connectivity index (χ0v) is 20.6. The second kappa shape index (κ2) is 11.7. The van der Waals surface area contributed by atoms with Gasteiger partial charge in [0.2, 0.25) is 11.8 Å². The number of hydrogen-bond acceptors (Lipinski definition) is 5. The lowest BCUT2D eigenvalue weighted by Crippen LogP contribution is -2.51. The summed E-state index contributed by atoms with van der Waals surface area (Å²) in [5.74, 6) is -0.0738. The number of piperidine rings is 1. The lowest BCUT2D eigenvalue weighted by Gasteiger charge is -2.42. The number of halogens is 2. The Balaban J connectivity index is 1.45. The van der Waals surface area contributed by atoms with Gasteiger partial charge in [-0.1, -0.05) is 36.2 Å². The van der Waals surface area contributed by atoms with Gasteiger partial charge in [-0.15, -0.1) is 0 Å². The summed E-state index contributed by atoms with van der Waals surface area (Å²) in [5.41, 5.74) is 0.356. The van der Waals surface area contributed by atoms with Crippen molar-refractivity contribution in [1.82, 2.24) is 14.7 Å². The van der Waals surface area contributed by atoms with E-state index in [0.717, 1.165) is 31.5 Å². The van der Waals surface area contributed by atoms with E-state index in [9.17, 15) is 19.8 Å². The molecule has 9 heteroatoms. The summed E-state index contributed by atoms with van der Waals surface area (Å²) in [6.45, 7) is 6.09. The van der Waals surface area contributed by atoms with Crippen LogP contribution in [-0.4, -0.2) is 95.3 Å². The molecule has 3 rings (SSSR count). The lowest BCUT2D eigenvalue weighted by molar-refractivity contribution is -0.130. The number of carbonyl (C=O) groups is 2. The Morgan fingerprint density at radius 1 is 1.18 bits per heavy atom. The quantitative estimate of drug-likeness (QED) is 0.565. The number of nitrogens with zero attached hydrogens (tertiary/aromatic N) is 3. The van der Waals surface area contributed by atoms with Crippen LogP contribution in [0.25, 0.3) is 6.08 Å². The minimum Gasteiger partial charge on any atom is -0.396 e. The highest BCUT2D eigenvalue weighted by atomic mass is 35.5. The second-order valence-corrected chi connectivity index (χ2v) is 10.0. The maximum absolute atomic E-state index is 12.6. The largest absolute Gasteiger partial charge is 0.396 e. The lowest BCUT2D eigenvalue weighted by atomic mass is 9.79. The van der Waals surface area contributed by atoms with Crippen molar-refractivity contribution in [2.75, 3.05) is 52.4 Å². The molecule has 33 heavy (non-hydrogen) atoms. The molecule has 1 aromatic rings. The summed E-state index contributed by atoms with van der Waals surface area (Å²) < 4.78 is 0. The summed E-state index contributed by atoms with van der Waals surface area (Å²) in [6, 6.07) is 5.18. The maximum Gasteiger partial charge on any atom is 0.246 e. The van der Waals surface area contributed by atoms with Crippen LogP contribution in [0.15, 0.2) is 24.3 Å². The molecular weight excluding hydrogens is 465 g/mol.